The monoisotopic (exact) mass is 396 g/mol. The van der Waals surface area contributed by atoms with Crippen molar-refractivity contribution >= 4 is 15.9 Å². The minimum Gasteiger partial charge on any atom is -0.490 e. The number of nitrogens with zero attached hydrogens (tertiary/aromatic N) is 2. The fourth-order valence-corrected chi connectivity index (χ4v) is 5.00. The van der Waals surface area contributed by atoms with Gasteiger partial charge in [0.1, 0.15) is 5.60 Å². The molecule has 1 aromatic rings. The largest absolute Gasteiger partial charge is 0.490 e. The normalized spacial score (nSPS) is 19.4. The Balaban J connectivity index is 1.48. The van der Waals surface area contributed by atoms with Gasteiger partial charge in [-0.2, -0.15) is 4.31 Å². The van der Waals surface area contributed by atoms with Crippen LogP contribution in [0.5, 0.6) is 11.5 Å². The van der Waals surface area contributed by atoms with Gasteiger partial charge >= 0.3 is 0 Å². The molecule has 1 amide bonds. The lowest BCUT2D eigenvalue weighted by Crippen LogP contribution is -2.50. The maximum Gasteiger partial charge on any atom is 0.219 e. The Morgan fingerprint density at radius 3 is 2.59 bits per heavy atom. The van der Waals surface area contributed by atoms with Crippen LogP contribution in [0.3, 0.4) is 0 Å². The number of benzene rings is 1. The summed E-state index contributed by atoms with van der Waals surface area (Å²) in [7, 11) is -3.33. The smallest absolute Gasteiger partial charge is 0.219 e. The van der Waals surface area contributed by atoms with Crippen molar-refractivity contribution in [1.82, 2.24) is 9.21 Å². The predicted octanol–water partition coefficient (Wildman–Crippen LogP) is 1.66. The van der Waals surface area contributed by atoms with Crippen LogP contribution < -0.4 is 9.47 Å². The highest BCUT2D eigenvalue weighted by atomic mass is 32.2. The molecule has 1 saturated heterocycles. The number of hydrogen-bond donors (Lipinski definition) is 0. The van der Waals surface area contributed by atoms with E-state index in [0.29, 0.717) is 45.0 Å². The zero-order valence-corrected chi connectivity index (χ0v) is 17.0. The van der Waals surface area contributed by atoms with Gasteiger partial charge in [0.2, 0.25) is 15.9 Å². The van der Waals surface area contributed by atoms with E-state index in [2.05, 4.69) is 0 Å². The molecule has 8 heteroatoms. The summed E-state index contributed by atoms with van der Waals surface area (Å²) in [6, 6.07) is 5.82. The van der Waals surface area contributed by atoms with Gasteiger partial charge in [-0.25, -0.2) is 8.42 Å². The molecular formula is C19H28N2O5S. The lowest BCUT2D eigenvalue weighted by atomic mass is 10.0. The highest BCUT2D eigenvalue weighted by Crippen LogP contribution is 2.41. The van der Waals surface area contributed by atoms with Crippen molar-refractivity contribution in [2.75, 3.05) is 38.5 Å². The van der Waals surface area contributed by atoms with Gasteiger partial charge in [0, 0.05) is 45.1 Å². The number of carbonyl (C=O) groups is 1. The molecule has 0 radical (unpaired) electrons. The van der Waals surface area contributed by atoms with Crippen molar-refractivity contribution in [1.29, 1.82) is 0 Å². The van der Waals surface area contributed by atoms with Crippen LogP contribution in [0.1, 0.15) is 32.8 Å². The number of para-hydroxylation sites is 1. The van der Waals surface area contributed by atoms with E-state index in [1.165, 1.54) is 11.2 Å². The zero-order chi connectivity index (χ0) is 19.7. The summed E-state index contributed by atoms with van der Waals surface area (Å²) in [4.78, 5) is 13.0. The minimum absolute atomic E-state index is 0.0127. The first-order chi connectivity index (χ1) is 12.7. The average Bonchev–Trinajstić information content (AvgIpc) is 2.93. The first kappa shape index (κ1) is 19.9. The van der Waals surface area contributed by atoms with Gasteiger partial charge in [-0.1, -0.05) is 12.1 Å². The topological polar surface area (TPSA) is 76.2 Å². The maximum absolute atomic E-state index is 12.5. The lowest BCUT2D eigenvalue weighted by Gasteiger charge is -2.33. The van der Waals surface area contributed by atoms with Gasteiger partial charge in [-0.3, -0.25) is 4.79 Å². The summed E-state index contributed by atoms with van der Waals surface area (Å²) in [5.74, 6) is 1.46. The molecule has 1 aromatic carbocycles. The third-order valence-electron chi connectivity index (χ3n) is 4.94. The second-order valence-corrected chi connectivity index (χ2v) is 9.79. The third kappa shape index (κ3) is 4.73. The number of carbonyl (C=O) groups excluding carboxylic acids is 1. The first-order valence-corrected chi connectivity index (χ1v) is 11.0. The summed E-state index contributed by atoms with van der Waals surface area (Å²) in [5.41, 5.74) is 0.876. The predicted molar refractivity (Wildman–Crippen MR) is 103 cm³/mol. The van der Waals surface area contributed by atoms with Gasteiger partial charge in [0.25, 0.3) is 0 Å². The van der Waals surface area contributed by atoms with E-state index in [1.807, 2.05) is 32.0 Å². The number of piperazine rings is 1. The minimum atomic E-state index is -3.33. The van der Waals surface area contributed by atoms with E-state index in [9.17, 15) is 13.2 Å². The molecule has 2 aliphatic rings. The fourth-order valence-electron chi connectivity index (χ4n) is 3.53. The first-order valence-electron chi connectivity index (χ1n) is 9.35. The van der Waals surface area contributed by atoms with Crippen LogP contribution in [-0.4, -0.2) is 67.7 Å². The number of ether oxygens (including phenoxy) is 2. The SMILES string of the molecule is CC(=O)N1CCN(S(=O)(=O)CCCOc2cccc3c2OC(C)(C)C3)CC1. The van der Waals surface area contributed by atoms with E-state index in [0.717, 1.165) is 17.7 Å². The Bertz CT molecular complexity index is 798. The third-order valence-corrected chi connectivity index (χ3v) is 6.89. The van der Waals surface area contributed by atoms with Crippen LogP contribution in [0.25, 0.3) is 0 Å². The Hall–Kier alpha value is -1.80. The number of fused-ring (bicyclic) bond motifs is 1. The van der Waals surface area contributed by atoms with Crippen molar-refractivity contribution in [2.24, 2.45) is 0 Å². The van der Waals surface area contributed by atoms with E-state index in [-0.39, 0.29) is 17.3 Å². The molecule has 2 aliphatic heterocycles. The Kier molecular flexibility index (Phi) is 5.67. The van der Waals surface area contributed by atoms with Gasteiger partial charge < -0.3 is 14.4 Å². The summed E-state index contributed by atoms with van der Waals surface area (Å²) in [6.45, 7) is 7.52. The Morgan fingerprint density at radius 2 is 1.93 bits per heavy atom. The van der Waals surface area contributed by atoms with Crippen LogP contribution >= 0.6 is 0 Å². The Morgan fingerprint density at radius 1 is 1.22 bits per heavy atom. The van der Waals surface area contributed by atoms with Crippen LogP contribution in [-0.2, 0) is 21.2 Å². The standard InChI is InChI=1S/C19H28N2O5S/c1-15(22)20-8-10-21(11-9-20)27(23,24)13-5-12-25-17-7-4-6-16-14-19(2,3)26-18(16)17/h4,6-7H,5,8-14H2,1-3H3. The number of hydrogen-bond acceptors (Lipinski definition) is 5. The highest BCUT2D eigenvalue weighted by Gasteiger charge is 2.32. The molecule has 27 heavy (non-hydrogen) atoms. The molecule has 0 unspecified atom stereocenters. The molecule has 0 saturated carbocycles. The van der Waals surface area contributed by atoms with Gasteiger partial charge in [0.15, 0.2) is 11.5 Å². The molecule has 150 valence electrons. The van der Waals surface area contributed by atoms with Crippen molar-refractivity contribution in [3.05, 3.63) is 23.8 Å². The van der Waals surface area contributed by atoms with Crippen LogP contribution in [0.4, 0.5) is 0 Å². The molecule has 0 bridgehead atoms. The molecular weight excluding hydrogens is 368 g/mol. The average molecular weight is 397 g/mol. The van der Waals surface area contributed by atoms with E-state index in [1.54, 1.807) is 4.90 Å². The lowest BCUT2D eigenvalue weighted by molar-refractivity contribution is -0.129. The quantitative estimate of drug-likeness (QED) is 0.684. The molecule has 2 heterocycles. The molecule has 1 fully saturated rings. The van der Waals surface area contributed by atoms with Crippen LogP contribution in [0.15, 0.2) is 18.2 Å². The van der Waals surface area contributed by atoms with Crippen molar-refractivity contribution < 1.29 is 22.7 Å². The van der Waals surface area contributed by atoms with Gasteiger partial charge in [0.05, 0.1) is 12.4 Å². The van der Waals surface area contributed by atoms with Crippen molar-refractivity contribution in [3.63, 3.8) is 0 Å². The summed E-state index contributed by atoms with van der Waals surface area (Å²) < 4.78 is 38.2. The highest BCUT2D eigenvalue weighted by molar-refractivity contribution is 7.89. The maximum atomic E-state index is 12.5. The summed E-state index contributed by atoms with van der Waals surface area (Å²) in [5, 5.41) is 0. The van der Waals surface area contributed by atoms with Crippen molar-refractivity contribution in [2.45, 2.75) is 39.2 Å². The molecule has 0 spiro atoms. The van der Waals surface area contributed by atoms with E-state index >= 15 is 0 Å². The van der Waals surface area contributed by atoms with Gasteiger partial charge in [-0.15, -0.1) is 0 Å². The molecule has 0 aliphatic carbocycles. The fraction of sp³-hybridized carbons (Fsp3) is 0.632. The molecule has 3 rings (SSSR count). The molecule has 0 aromatic heterocycles. The second-order valence-electron chi connectivity index (χ2n) is 7.71. The molecule has 7 nitrogen and oxygen atoms in total. The summed E-state index contributed by atoms with van der Waals surface area (Å²) in [6.07, 6.45) is 1.24. The number of sulfonamides is 1. The Labute approximate surface area is 161 Å². The van der Waals surface area contributed by atoms with Crippen molar-refractivity contribution in [3.8, 4) is 11.5 Å². The number of amides is 1. The van der Waals surface area contributed by atoms with E-state index < -0.39 is 10.0 Å². The zero-order valence-electron chi connectivity index (χ0n) is 16.2. The molecule has 0 atom stereocenters. The van der Waals surface area contributed by atoms with Gasteiger partial charge in [-0.05, 0) is 26.3 Å². The van der Waals surface area contributed by atoms with Crippen LogP contribution in [0, 0.1) is 0 Å². The number of rotatable bonds is 6. The second kappa shape index (κ2) is 7.67. The summed E-state index contributed by atoms with van der Waals surface area (Å²) >= 11 is 0. The van der Waals surface area contributed by atoms with Crippen LogP contribution in [0.2, 0.25) is 0 Å². The van der Waals surface area contributed by atoms with E-state index in [4.69, 9.17) is 9.47 Å². The molecule has 0 N–H and O–H groups in total.